The van der Waals surface area contributed by atoms with E-state index in [0.717, 1.165) is 21.8 Å². The standard InChI is InChI=1S/C13H16BrNO2/c1-9(2)15(3)12-8-11(14)6-4-10(12)5-7-13(16)17/h4-9H,1-3H3,(H,16,17)/b7-5+. The normalized spacial score (nSPS) is 11.1. The molecule has 0 atom stereocenters. The molecule has 17 heavy (non-hydrogen) atoms. The van der Waals surface area contributed by atoms with Crippen LogP contribution in [0.3, 0.4) is 0 Å². The minimum absolute atomic E-state index is 0.348. The summed E-state index contributed by atoms with van der Waals surface area (Å²) in [6, 6.07) is 6.14. The number of hydrogen-bond donors (Lipinski definition) is 1. The first kappa shape index (κ1) is 13.8. The molecule has 1 aromatic carbocycles. The van der Waals surface area contributed by atoms with Crippen molar-refractivity contribution in [2.75, 3.05) is 11.9 Å². The van der Waals surface area contributed by atoms with Gasteiger partial charge in [-0.25, -0.2) is 4.79 Å². The summed E-state index contributed by atoms with van der Waals surface area (Å²) in [5.41, 5.74) is 1.90. The molecule has 0 bridgehead atoms. The summed E-state index contributed by atoms with van der Waals surface area (Å²) in [4.78, 5) is 12.6. The summed E-state index contributed by atoms with van der Waals surface area (Å²) >= 11 is 3.43. The Morgan fingerprint density at radius 1 is 1.47 bits per heavy atom. The molecule has 1 rings (SSSR count). The molecule has 0 aliphatic rings. The first-order chi connectivity index (χ1) is 7.91. The number of carboxylic acids is 1. The third kappa shape index (κ3) is 3.89. The van der Waals surface area contributed by atoms with E-state index in [1.165, 1.54) is 0 Å². The van der Waals surface area contributed by atoms with Crippen LogP contribution in [0, 0.1) is 0 Å². The number of anilines is 1. The fraction of sp³-hybridized carbons (Fsp3) is 0.308. The first-order valence-corrected chi connectivity index (χ1v) is 6.14. The molecule has 0 saturated heterocycles. The van der Waals surface area contributed by atoms with E-state index in [0.29, 0.717) is 6.04 Å². The third-order valence-corrected chi connectivity index (χ3v) is 3.05. The predicted molar refractivity (Wildman–Crippen MR) is 74.4 cm³/mol. The maximum atomic E-state index is 10.5. The number of carboxylic acid groups (broad SMARTS) is 1. The van der Waals surface area contributed by atoms with E-state index >= 15 is 0 Å². The zero-order chi connectivity index (χ0) is 13.0. The SMILES string of the molecule is CC(C)N(C)c1cc(Br)ccc1/C=C/C(=O)O. The Kier molecular flexibility index (Phi) is 4.75. The summed E-state index contributed by atoms with van der Waals surface area (Å²) in [6.07, 6.45) is 2.77. The third-order valence-electron chi connectivity index (χ3n) is 2.55. The summed E-state index contributed by atoms with van der Waals surface area (Å²) in [6.45, 7) is 4.18. The minimum atomic E-state index is -0.939. The molecule has 4 heteroatoms. The summed E-state index contributed by atoms with van der Waals surface area (Å²) in [7, 11) is 1.99. The van der Waals surface area contributed by atoms with Crippen molar-refractivity contribution >= 4 is 33.7 Å². The highest BCUT2D eigenvalue weighted by atomic mass is 79.9. The number of nitrogens with zero attached hydrogens (tertiary/aromatic N) is 1. The van der Waals surface area contributed by atoms with Gasteiger partial charge < -0.3 is 10.0 Å². The summed E-state index contributed by atoms with van der Waals surface area (Å²) in [5, 5.41) is 8.66. The Balaban J connectivity index is 3.16. The van der Waals surface area contributed by atoms with E-state index in [9.17, 15) is 4.79 Å². The average Bonchev–Trinajstić information content (AvgIpc) is 2.26. The maximum absolute atomic E-state index is 10.5. The number of aliphatic carboxylic acids is 1. The van der Waals surface area contributed by atoms with Crippen LogP contribution in [0.4, 0.5) is 5.69 Å². The van der Waals surface area contributed by atoms with Crippen molar-refractivity contribution in [3.63, 3.8) is 0 Å². The molecule has 0 radical (unpaired) electrons. The topological polar surface area (TPSA) is 40.5 Å². The second-order valence-corrected chi connectivity index (χ2v) is 5.00. The monoisotopic (exact) mass is 297 g/mol. The smallest absolute Gasteiger partial charge is 0.328 e. The van der Waals surface area contributed by atoms with Crippen molar-refractivity contribution in [3.8, 4) is 0 Å². The van der Waals surface area contributed by atoms with Crippen LogP contribution in [-0.2, 0) is 4.79 Å². The fourth-order valence-electron chi connectivity index (χ4n) is 1.40. The van der Waals surface area contributed by atoms with Crippen LogP contribution in [0.2, 0.25) is 0 Å². The van der Waals surface area contributed by atoms with E-state index in [-0.39, 0.29) is 0 Å². The van der Waals surface area contributed by atoms with Gasteiger partial charge in [-0.2, -0.15) is 0 Å². The molecular weight excluding hydrogens is 282 g/mol. The number of rotatable bonds is 4. The van der Waals surface area contributed by atoms with Crippen LogP contribution in [0.15, 0.2) is 28.7 Å². The van der Waals surface area contributed by atoms with Crippen LogP contribution >= 0.6 is 15.9 Å². The molecule has 0 heterocycles. The lowest BCUT2D eigenvalue weighted by atomic mass is 10.1. The van der Waals surface area contributed by atoms with E-state index in [2.05, 4.69) is 34.7 Å². The minimum Gasteiger partial charge on any atom is -0.478 e. The van der Waals surface area contributed by atoms with E-state index < -0.39 is 5.97 Å². The van der Waals surface area contributed by atoms with Crippen molar-refractivity contribution in [2.24, 2.45) is 0 Å². The molecule has 1 N–H and O–H groups in total. The van der Waals surface area contributed by atoms with Gasteiger partial charge in [0.1, 0.15) is 0 Å². The Hall–Kier alpha value is -1.29. The highest BCUT2D eigenvalue weighted by Gasteiger charge is 2.09. The zero-order valence-electron chi connectivity index (χ0n) is 10.1. The Labute approximate surface area is 110 Å². The highest BCUT2D eigenvalue weighted by Crippen LogP contribution is 2.26. The quantitative estimate of drug-likeness (QED) is 0.866. The van der Waals surface area contributed by atoms with Crippen LogP contribution in [0.1, 0.15) is 19.4 Å². The molecule has 0 amide bonds. The largest absolute Gasteiger partial charge is 0.478 e. The molecule has 0 unspecified atom stereocenters. The molecule has 92 valence electrons. The lowest BCUT2D eigenvalue weighted by Gasteiger charge is -2.25. The number of halogens is 1. The first-order valence-electron chi connectivity index (χ1n) is 5.35. The van der Waals surface area contributed by atoms with Gasteiger partial charge in [-0.15, -0.1) is 0 Å². The van der Waals surface area contributed by atoms with Crippen LogP contribution in [0.25, 0.3) is 6.08 Å². The van der Waals surface area contributed by atoms with Crippen molar-refractivity contribution in [1.82, 2.24) is 0 Å². The lowest BCUT2D eigenvalue weighted by Crippen LogP contribution is -2.26. The molecule has 3 nitrogen and oxygen atoms in total. The lowest BCUT2D eigenvalue weighted by molar-refractivity contribution is -0.131. The van der Waals surface area contributed by atoms with Crippen molar-refractivity contribution in [3.05, 3.63) is 34.3 Å². The number of benzene rings is 1. The Bertz CT molecular complexity index is 441. The average molecular weight is 298 g/mol. The maximum Gasteiger partial charge on any atom is 0.328 e. The molecule has 1 aromatic rings. The van der Waals surface area contributed by atoms with Gasteiger partial charge in [-0.1, -0.05) is 22.0 Å². The van der Waals surface area contributed by atoms with Crippen molar-refractivity contribution < 1.29 is 9.90 Å². The van der Waals surface area contributed by atoms with E-state index in [4.69, 9.17) is 5.11 Å². The second kappa shape index (κ2) is 5.87. The molecular formula is C13H16BrNO2. The van der Waals surface area contributed by atoms with E-state index in [1.54, 1.807) is 6.08 Å². The van der Waals surface area contributed by atoms with Crippen molar-refractivity contribution in [2.45, 2.75) is 19.9 Å². The van der Waals surface area contributed by atoms with Gasteiger partial charge in [-0.05, 0) is 37.6 Å². The van der Waals surface area contributed by atoms with Crippen LogP contribution in [-0.4, -0.2) is 24.2 Å². The van der Waals surface area contributed by atoms with Crippen LogP contribution in [0.5, 0.6) is 0 Å². The predicted octanol–water partition coefficient (Wildman–Crippen LogP) is 3.39. The fourth-order valence-corrected chi connectivity index (χ4v) is 1.75. The van der Waals surface area contributed by atoms with E-state index in [1.807, 2.05) is 25.2 Å². The highest BCUT2D eigenvalue weighted by molar-refractivity contribution is 9.10. The van der Waals surface area contributed by atoms with Gasteiger partial charge in [0.05, 0.1) is 0 Å². The molecule has 0 aliphatic heterocycles. The van der Waals surface area contributed by atoms with Gasteiger partial charge in [0.25, 0.3) is 0 Å². The van der Waals surface area contributed by atoms with Gasteiger partial charge in [0.2, 0.25) is 0 Å². The van der Waals surface area contributed by atoms with Gasteiger partial charge in [0, 0.05) is 29.3 Å². The van der Waals surface area contributed by atoms with Crippen LogP contribution < -0.4 is 4.90 Å². The summed E-state index contributed by atoms with van der Waals surface area (Å²) in [5.74, 6) is -0.939. The molecule has 0 spiro atoms. The van der Waals surface area contributed by atoms with Gasteiger partial charge >= 0.3 is 5.97 Å². The van der Waals surface area contributed by atoms with Gasteiger partial charge in [-0.3, -0.25) is 0 Å². The number of carbonyl (C=O) groups is 1. The Morgan fingerprint density at radius 3 is 2.65 bits per heavy atom. The molecule has 0 aliphatic carbocycles. The van der Waals surface area contributed by atoms with Crippen molar-refractivity contribution in [1.29, 1.82) is 0 Å². The molecule has 0 saturated carbocycles. The number of hydrogen-bond acceptors (Lipinski definition) is 2. The Morgan fingerprint density at radius 2 is 2.12 bits per heavy atom. The zero-order valence-corrected chi connectivity index (χ0v) is 11.7. The van der Waals surface area contributed by atoms with Gasteiger partial charge in [0.15, 0.2) is 0 Å². The summed E-state index contributed by atoms with van der Waals surface area (Å²) < 4.78 is 0.979. The molecule has 0 aromatic heterocycles. The molecule has 0 fully saturated rings. The second-order valence-electron chi connectivity index (χ2n) is 4.08.